The molecule has 0 nitrogen and oxygen atoms in total. The third kappa shape index (κ3) is 0.594. The molecular formula is C8H12. The molecule has 2 rings (SSSR count). The van der Waals surface area contributed by atoms with Crippen molar-refractivity contribution in [1.82, 2.24) is 0 Å². The maximum atomic E-state index is 2.41. The molecule has 0 N–H and O–H groups in total. The van der Waals surface area contributed by atoms with Gasteiger partial charge in [-0.2, -0.15) is 0 Å². The van der Waals surface area contributed by atoms with Crippen LogP contribution in [0.5, 0.6) is 0 Å². The van der Waals surface area contributed by atoms with Gasteiger partial charge in [0, 0.05) is 0 Å². The van der Waals surface area contributed by atoms with Crippen LogP contribution >= 0.6 is 0 Å². The fourth-order valence-corrected chi connectivity index (χ4v) is 1.70. The van der Waals surface area contributed by atoms with Crippen molar-refractivity contribution in [2.45, 2.75) is 26.2 Å². The molecule has 0 saturated heterocycles. The summed E-state index contributed by atoms with van der Waals surface area (Å²) in [6, 6.07) is 0. The average molecular weight is 108 g/mol. The standard InChI is InChI=1S/C8H12/c1-6-2-3-7-5-8(7)4-6/h2,7-8H,3-5H2,1H3/t7-,8-/m1/s1. The van der Waals surface area contributed by atoms with E-state index in [1.165, 1.54) is 19.3 Å². The highest BCUT2D eigenvalue weighted by atomic mass is 14.4. The van der Waals surface area contributed by atoms with Gasteiger partial charge in [0.15, 0.2) is 0 Å². The quantitative estimate of drug-likeness (QED) is 0.418. The van der Waals surface area contributed by atoms with E-state index in [0.717, 1.165) is 11.8 Å². The fourth-order valence-electron chi connectivity index (χ4n) is 1.70. The first kappa shape index (κ1) is 4.60. The Balaban J connectivity index is 2.10. The van der Waals surface area contributed by atoms with Gasteiger partial charge in [-0.05, 0) is 38.0 Å². The Morgan fingerprint density at radius 3 is 3.00 bits per heavy atom. The number of hydrogen-bond donors (Lipinski definition) is 0. The minimum absolute atomic E-state index is 1.11. The molecule has 2 aliphatic rings. The second-order valence-corrected chi connectivity index (χ2v) is 3.25. The van der Waals surface area contributed by atoms with E-state index in [9.17, 15) is 0 Å². The molecule has 1 fully saturated rings. The minimum Gasteiger partial charge on any atom is -0.0853 e. The molecule has 0 aromatic rings. The number of allylic oxidation sites excluding steroid dienone is 2. The van der Waals surface area contributed by atoms with Gasteiger partial charge >= 0.3 is 0 Å². The van der Waals surface area contributed by atoms with E-state index in [1.807, 2.05) is 0 Å². The van der Waals surface area contributed by atoms with Crippen LogP contribution in [0.3, 0.4) is 0 Å². The number of fused-ring (bicyclic) bond motifs is 1. The average Bonchev–Trinajstić information content (AvgIpc) is 2.43. The van der Waals surface area contributed by atoms with Crippen molar-refractivity contribution in [3.63, 3.8) is 0 Å². The van der Waals surface area contributed by atoms with Crippen molar-refractivity contribution in [3.05, 3.63) is 11.6 Å². The summed E-state index contributed by atoms with van der Waals surface area (Å²) >= 11 is 0. The maximum absolute atomic E-state index is 2.41. The molecule has 0 aliphatic heterocycles. The zero-order chi connectivity index (χ0) is 5.56. The Kier molecular flexibility index (Phi) is 0.787. The topological polar surface area (TPSA) is 0 Å². The van der Waals surface area contributed by atoms with Gasteiger partial charge in [0.25, 0.3) is 0 Å². The van der Waals surface area contributed by atoms with Crippen LogP contribution in [0, 0.1) is 11.8 Å². The second kappa shape index (κ2) is 1.37. The monoisotopic (exact) mass is 108 g/mol. The van der Waals surface area contributed by atoms with Gasteiger partial charge in [-0.1, -0.05) is 11.6 Å². The van der Waals surface area contributed by atoms with E-state index in [1.54, 1.807) is 5.57 Å². The van der Waals surface area contributed by atoms with Crippen molar-refractivity contribution in [1.29, 1.82) is 0 Å². The fraction of sp³-hybridized carbons (Fsp3) is 0.750. The summed E-state index contributed by atoms with van der Waals surface area (Å²) in [5, 5.41) is 0. The van der Waals surface area contributed by atoms with Gasteiger partial charge in [0.05, 0.1) is 0 Å². The lowest BCUT2D eigenvalue weighted by molar-refractivity contribution is 0.663. The highest BCUT2D eigenvalue weighted by Crippen LogP contribution is 2.48. The normalized spacial score (nSPS) is 42.9. The van der Waals surface area contributed by atoms with Crippen LogP contribution in [-0.2, 0) is 0 Å². The molecule has 0 aromatic heterocycles. The second-order valence-electron chi connectivity index (χ2n) is 3.25. The summed E-state index contributed by atoms with van der Waals surface area (Å²) in [7, 11) is 0. The van der Waals surface area contributed by atoms with Crippen molar-refractivity contribution in [2.24, 2.45) is 11.8 Å². The van der Waals surface area contributed by atoms with E-state index < -0.39 is 0 Å². The predicted octanol–water partition coefficient (Wildman–Crippen LogP) is 2.36. The molecule has 0 amide bonds. The van der Waals surface area contributed by atoms with Gasteiger partial charge < -0.3 is 0 Å². The lowest BCUT2D eigenvalue weighted by Crippen LogP contribution is -1.90. The van der Waals surface area contributed by atoms with Crippen LogP contribution in [0.1, 0.15) is 26.2 Å². The Morgan fingerprint density at radius 1 is 1.50 bits per heavy atom. The Hall–Kier alpha value is -0.260. The molecule has 2 aliphatic carbocycles. The summed E-state index contributed by atoms with van der Waals surface area (Å²) in [5.41, 5.74) is 1.63. The summed E-state index contributed by atoms with van der Waals surface area (Å²) in [6.45, 7) is 2.26. The first-order valence-corrected chi connectivity index (χ1v) is 3.52. The molecule has 2 atom stereocenters. The van der Waals surface area contributed by atoms with Crippen molar-refractivity contribution in [2.75, 3.05) is 0 Å². The van der Waals surface area contributed by atoms with Crippen LogP contribution in [0.25, 0.3) is 0 Å². The zero-order valence-electron chi connectivity index (χ0n) is 5.35. The van der Waals surface area contributed by atoms with Crippen molar-refractivity contribution in [3.8, 4) is 0 Å². The van der Waals surface area contributed by atoms with Crippen LogP contribution in [0.15, 0.2) is 11.6 Å². The van der Waals surface area contributed by atoms with E-state index in [-0.39, 0.29) is 0 Å². The molecule has 0 radical (unpaired) electrons. The molecule has 0 heterocycles. The van der Waals surface area contributed by atoms with Gasteiger partial charge in [-0.25, -0.2) is 0 Å². The summed E-state index contributed by atoms with van der Waals surface area (Å²) < 4.78 is 0. The van der Waals surface area contributed by atoms with E-state index in [4.69, 9.17) is 0 Å². The SMILES string of the molecule is CC1=CC[C@@H]2C[C@H]2C1. The van der Waals surface area contributed by atoms with Gasteiger partial charge in [-0.15, -0.1) is 0 Å². The van der Waals surface area contributed by atoms with Gasteiger partial charge in [-0.3, -0.25) is 0 Å². The van der Waals surface area contributed by atoms with E-state index >= 15 is 0 Å². The number of rotatable bonds is 0. The third-order valence-corrected chi connectivity index (χ3v) is 2.42. The first-order chi connectivity index (χ1) is 3.86. The summed E-state index contributed by atoms with van der Waals surface area (Å²) in [4.78, 5) is 0. The van der Waals surface area contributed by atoms with Crippen molar-refractivity contribution >= 4 is 0 Å². The van der Waals surface area contributed by atoms with Crippen LogP contribution in [-0.4, -0.2) is 0 Å². The van der Waals surface area contributed by atoms with Gasteiger partial charge in [0.2, 0.25) is 0 Å². The first-order valence-electron chi connectivity index (χ1n) is 3.52. The van der Waals surface area contributed by atoms with Crippen LogP contribution in [0.2, 0.25) is 0 Å². The van der Waals surface area contributed by atoms with E-state index in [0.29, 0.717) is 0 Å². The van der Waals surface area contributed by atoms with Crippen LogP contribution in [0.4, 0.5) is 0 Å². The highest BCUT2D eigenvalue weighted by molar-refractivity contribution is 5.11. The van der Waals surface area contributed by atoms with Crippen molar-refractivity contribution < 1.29 is 0 Å². The molecule has 0 unspecified atom stereocenters. The lowest BCUT2D eigenvalue weighted by atomic mass is 10.0. The zero-order valence-corrected chi connectivity index (χ0v) is 5.35. The molecule has 44 valence electrons. The van der Waals surface area contributed by atoms with E-state index in [2.05, 4.69) is 13.0 Å². The number of hydrogen-bond acceptors (Lipinski definition) is 0. The third-order valence-electron chi connectivity index (χ3n) is 2.42. The predicted molar refractivity (Wildman–Crippen MR) is 34.6 cm³/mol. The van der Waals surface area contributed by atoms with Gasteiger partial charge in [0.1, 0.15) is 0 Å². The summed E-state index contributed by atoms with van der Waals surface area (Å²) in [6.07, 6.45) is 6.73. The molecular weight excluding hydrogens is 96.1 g/mol. The molecule has 0 heteroatoms. The van der Waals surface area contributed by atoms with Crippen LogP contribution < -0.4 is 0 Å². The summed E-state index contributed by atoms with van der Waals surface area (Å²) in [5.74, 6) is 2.22. The maximum Gasteiger partial charge on any atom is -0.0292 e. The molecule has 0 aromatic carbocycles. The smallest absolute Gasteiger partial charge is 0.0292 e. The highest BCUT2D eigenvalue weighted by Gasteiger charge is 2.37. The molecule has 8 heavy (non-hydrogen) atoms. The molecule has 0 bridgehead atoms. The lowest BCUT2D eigenvalue weighted by Gasteiger charge is -2.04. The molecule has 0 spiro atoms. The largest absolute Gasteiger partial charge is 0.0853 e. The Bertz CT molecular complexity index is 133. The Morgan fingerprint density at radius 2 is 2.38 bits per heavy atom. The Labute approximate surface area is 50.6 Å². The molecule has 1 saturated carbocycles. The minimum atomic E-state index is 1.11.